The number of nitrogens with zero attached hydrogens (tertiary/aromatic N) is 2. The lowest BCUT2D eigenvalue weighted by molar-refractivity contribution is 0.641. The van der Waals surface area contributed by atoms with Crippen LogP contribution in [0.25, 0.3) is 0 Å². The van der Waals surface area contributed by atoms with Crippen molar-refractivity contribution in [1.29, 1.82) is 0 Å². The largest absolute Gasteiger partial charge is 0.353 e. The molecule has 0 fully saturated rings. The summed E-state index contributed by atoms with van der Waals surface area (Å²) in [6.07, 6.45) is 13.1. The van der Waals surface area contributed by atoms with Crippen LogP contribution in [0, 0.1) is 0 Å². The third kappa shape index (κ3) is 3.11. The molecule has 2 heteroatoms. The first-order chi connectivity index (χ1) is 14.6. The second-order valence-electron chi connectivity index (χ2n) is 8.70. The molecule has 0 aromatic heterocycles. The third-order valence-electron chi connectivity index (χ3n) is 6.75. The van der Waals surface area contributed by atoms with Crippen LogP contribution in [0.15, 0.2) is 101 Å². The predicted octanol–water partition coefficient (Wildman–Crippen LogP) is 6.95. The van der Waals surface area contributed by atoms with Crippen LogP contribution in [0.2, 0.25) is 0 Å². The van der Waals surface area contributed by atoms with E-state index in [0.717, 1.165) is 19.3 Å². The Bertz CT molecular complexity index is 1070. The van der Waals surface area contributed by atoms with E-state index in [-0.39, 0.29) is 6.17 Å². The molecule has 1 heterocycles. The van der Waals surface area contributed by atoms with Crippen LogP contribution in [-0.4, -0.2) is 13.2 Å². The average molecular weight is 395 g/mol. The molecule has 2 aromatic rings. The molecule has 2 atom stereocenters. The highest BCUT2D eigenvalue weighted by Crippen LogP contribution is 2.49. The molecule has 30 heavy (non-hydrogen) atoms. The molecule has 0 bridgehead atoms. The van der Waals surface area contributed by atoms with Crippen molar-refractivity contribution in [3.8, 4) is 0 Å². The van der Waals surface area contributed by atoms with Crippen molar-refractivity contribution in [2.75, 3.05) is 16.8 Å². The SMILES string of the molecule is CC1=CC(C2=CCCC=C2)=C(N2c3ccccc3N(C)C2C)C(c2ccccc2)C1. The summed E-state index contributed by atoms with van der Waals surface area (Å²) in [5, 5.41) is 0. The highest BCUT2D eigenvalue weighted by atomic mass is 15.4. The Labute approximate surface area is 180 Å². The van der Waals surface area contributed by atoms with E-state index in [1.807, 2.05) is 0 Å². The first-order valence-corrected chi connectivity index (χ1v) is 11.1. The highest BCUT2D eigenvalue weighted by Gasteiger charge is 2.38. The first kappa shape index (κ1) is 19.0. The number of rotatable bonds is 3. The van der Waals surface area contributed by atoms with Gasteiger partial charge in [0.15, 0.2) is 0 Å². The molecule has 0 amide bonds. The summed E-state index contributed by atoms with van der Waals surface area (Å²) in [5.74, 6) is 0.351. The van der Waals surface area contributed by atoms with E-state index in [1.165, 1.54) is 39.4 Å². The van der Waals surface area contributed by atoms with Crippen LogP contribution in [0.4, 0.5) is 11.4 Å². The highest BCUT2D eigenvalue weighted by molar-refractivity contribution is 5.81. The fraction of sp³-hybridized carbons (Fsp3) is 0.286. The van der Waals surface area contributed by atoms with Crippen LogP contribution in [-0.2, 0) is 0 Å². The lowest BCUT2D eigenvalue weighted by Gasteiger charge is -2.38. The fourth-order valence-electron chi connectivity index (χ4n) is 5.16. The lowest BCUT2D eigenvalue weighted by atomic mass is 9.79. The number of allylic oxidation sites excluding steroid dienone is 8. The number of para-hydroxylation sites is 2. The summed E-state index contributed by atoms with van der Waals surface area (Å²) in [5.41, 5.74) is 9.68. The van der Waals surface area contributed by atoms with Gasteiger partial charge < -0.3 is 9.80 Å². The summed E-state index contributed by atoms with van der Waals surface area (Å²) in [4.78, 5) is 4.99. The third-order valence-corrected chi connectivity index (χ3v) is 6.75. The number of fused-ring (bicyclic) bond motifs is 1. The summed E-state index contributed by atoms with van der Waals surface area (Å²) in [6.45, 7) is 4.61. The topological polar surface area (TPSA) is 6.48 Å². The van der Waals surface area contributed by atoms with Gasteiger partial charge in [-0.1, -0.05) is 72.3 Å². The maximum absolute atomic E-state index is 2.59. The second kappa shape index (κ2) is 7.68. The minimum atomic E-state index is 0.276. The Kier molecular flexibility index (Phi) is 4.86. The van der Waals surface area contributed by atoms with Crippen molar-refractivity contribution in [1.82, 2.24) is 0 Å². The maximum atomic E-state index is 2.59. The van der Waals surface area contributed by atoms with Crippen LogP contribution in [0.5, 0.6) is 0 Å². The summed E-state index contributed by atoms with van der Waals surface area (Å²) in [6, 6.07) is 19.9. The Hall–Kier alpha value is -3.00. The van der Waals surface area contributed by atoms with Crippen molar-refractivity contribution < 1.29 is 0 Å². The molecule has 1 aliphatic heterocycles. The zero-order chi connectivity index (χ0) is 20.7. The zero-order valence-electron chi connectivity index (χ0n) is 18.2. The summed E-state index contributed by atoms with van der Waals surface area (Å²) >= 11 is 0. The second-order valence-corrected chi connectivity index (χ2v) is 8.70. The minimum absolute atomic E-state index is 0.276. The van der Waals surface area contributed by atoms with Gasteiger partial charge in [0.1, 0.15) is 6.17 Å². The van der Waals surface area contributed by atoms with E-state index in [2.05, 4.69) is 110 Å². The van der Waals surface area contributed by atoms with Crippen molar-refractivity contribution in [3.63, 3.8) is 0 Å². The van der Waals surface area contributed by atoms with Gasteiger partial charge in [-0.3, -0.25) is 0 Å². The minimum Gasteiger partial charge on any atom is -0.353 e. The Morgan fingerprint density at radius 1 is 0.900 bits per heavy atom. The predicted molar refractivity (Wildman–Crippen MR) is 128 cm³/mol. The van der Waals surface area contributed by atoms with Crippen LogP contribution < -0.4 is 9.80 Å². The first-order valence-electron chi connectivity index (χ1n) is 11.1. The summed E-state index contributed by atoms with van der Waals surface area (Å²) in [7, 11) is 2.21. The van der Waals surface area contributed by atoms with Gasteiger partial charge in [0.05, 0.1) is 11.4 Å². The van der Waals surface area contributed by atoms with E-state index >= 15 is 0 Å². The molecule has 2 unspecified atom stereocenters. The molecule has 0 N–H and O–H groups in total. The maximum Gasteiger partial charge on any atom is 0.103 e. The molecule has 5 rings (SSSR count). The van der Waals surface area contributed by atoms with Crippen LogP contribution in [0.3, 0.4) is 0 Å². The quantitative estimate of drug-likeness (QED) is 0.555. The van der Waals surface area contributed by atoms with Gasteiger partial charge in [0.2, 0.25) is 0 Å². The van der Waals surface area contributed by atoms with Crippen molar-refractivity contribution in [2.24, 2.45) is 0 Å². The van der Waals surface area contributed by atoms with E-state index in [1.54, 1.807) is 0 Å². The van der Waals surface area contributed by atoms with Crippen LogP contribution >= 0.6 is 0 Å². The molecule has 0 saturated carbocycles. The fourth-order valence-corrected chi connectivity index (χ4v) is 5.16. The standard InChI is InChI=1S/C28H30N2/c1-20-18-24(22-12-6-4-7-13-22)28(25(19-20)23-14-8-5-9-15-23)30-21(2)29(3)26-16-10-11-17-27(26)30/h4,6-8,10-17,19,21,24H,5,9,18H2,1-3H3. The molecular weight excluding hydrogens is 364 g/mol. The summed E-state index contributed by atoms with van der Waals surface area (Å²) < 4.78 is 0. The van der Waals surface area contributed by atoms with E-state index in [9.17, 15) is 0 Å². The number of benzene rings is 2. The molecule has 3 aliphatic rings. The van der Waals surface area contributed by atoms with E-state index in [0.29, 0.717) is 5.92 Å². The number of hydrogen-bond acceptors (Lipinski definition) is 2. The van der Waals surface area contributed by atoms with Gasteiger partial charge in [0.25, 0.3) is 0 Å². The van der Waals surface area contributed by atoms with Crippen molar-refractivity contribution >= 4 is 11.4 Å². The van der Waals surface area contributed by atoms with Crippen molar-refractivity contribution in [2.45, 2.75) is 45.2 Å². The molecule has 2 nitrogen and oxygen atoms in total. The molecule has 152 valence electrons. The van der Waals surface area contributed by atoms with E-state index in [4.69, 9.17) is 0 Å². The molecule has 0 saturated heterocycles. The van der Waals surface area contributed by atoms with Crippen molar-refractivity contribution in [3.05, 3.63) is 107 Å². The lowest BCUT2D eigenvalue weighted by Crippen LogP contribution is -2.40. The number of anilines is 2. The van der Waals surface area contributed by atoms with Gasteiger partial charge in [-0.2, -0.15) is 0 Å². The molecule has 0 spiro atoms. The molecular formula is C28H30N2. The normalized spacial score (nSPS) is 23.4. The zero-order valence-corrected chi connectivity index (χ0v) is 18.2. The van der Waals surface area contributed by atoms with Crippen LogP contribution in [0.1, 0.15) is 44.6 Å². The van der Waals surface area contributed by atoms with Gasteiger partial charge in [0, 0.05) is 24.2 Å². The van der Waals surface area contributed by atoms with Gasteiger partial charge in [-0.15, -0.1) is 0 Å². The Balaban J connectivity index is 1.76. The Morgan fingerprint density at radius 3 is 2.37 bits per heavy atom. The van der Waals surface area contributed by atoms with E-state index < -0.39 is 0 Å². The average Bonchev–Trinajstić information content (AvgIpc) is 3.05. The van der Waals surface area contributed by atoms with Gasteiger partial charge in [-0.25, -0.2) is 0 Å². The Morgan fingerprint density at radius 2 is 1.63 bits per heavy atom. The number of hydrogen-bond donors (Lipinski definition) is 0. The monoisotopic (exact) mass is 394 g/mol. The van der Waals surface area contributed by atoms with Gasteiger partial charge >= 0.3 is 0 Å². The smallest absolute Gasteiger partial charge is 0.103 e. The molecule has 2 aliphatic carbocycles. The molecule has 2 aromatic carbocycles. The molecule has 0 radical (unpaired) electrons. The van der Waals surface area contributed by atoms with Gasteiger partial charge in [-0.05, 0) is 56.4 Å².